The number of carbonyl (C=O) groups is 1. The predicted molar refractivity (Wildman–Crippen MR) is 120 cm³/mol. The van der Waals surface area contributed by atoms with Gasteiger partial charge in [0.15, 0.2) is 5.17 Å². The summed E-state index contributed by atoms with van der Waals surface area (Å²) in [5.74, 6) is 0.782. The number of benzene rings is 2. The molecule has 1 unspecified atom stereocenters. The lowest BCUT2D eigenvalue weighted by atomic mass is 9.89. The van der Waals surface area contributed by atoms with Crippen LogP contribution in [0.2, 0.25) is 0 Å². The van der Waals surface area contributed by atoms with Gasteiger partial charge in [-0.05, 0) is 54.8 Å². The van der Waals surface area contributed by atoms with Crippen LogP contribution in [0.15, 0.2) is 78.0 Å². The third-order valence-electron chi connectivity index (χ3n) is 5.06. The van der Waals surface area contributed by atoms with Crippen molar-refractivity contribution < 1.29 is 4.79 Å². The van der Waals surface area contributed by atoms with E-state index in [0.717, 1.165) is 34.6 Å². The molecule has 6 heteroatoms. The summed E-state index contributed by atoms with van der Waals surface area (Å²) in [6.07, 6.45) is 4.43. The number of nitrogens with zero attached hydrogens (tertiary/aromatic N) is 2. The number of hydrogen-bond donors (Lipinski definition) is 2. The van der Waals surface area contributed by atoms with Crippen molar-refractivity contribution in [2.45, 2.75) is 18.9 Å². The summed E-state index contributed by atoms with van der Waals surface area (Å²) >= 11 is 1.58. The van der Waals surface area contributed by atoms with Gasteiger partial charge in [0.25, 0.3) is 5.91 Å². The van der Waals surface area contributed by atoms with Crippen LogP contribution in [0.25, 0.3) is 11.1 Å². The normalized spacial score (nSPS) is 18.7. The van der Waals surface area contributed by atoms with Gasteiger partial charge in [0, 0.05) is 35.0 Å². The smallest absolute Gasteiger partial charge is 0.255 e. The highest BCUT2D eigenvalue weighted by Crippen LogP contribution is 2.36. The Kier molecular flexibility index (Phi) is 5.36. The number of rotatable bonds is 4. The van der Waals surface area contributed by atoms with E-state index in [1.54, 1.807) is 24.2 Å². The zero-order chi connectivity index (χ0) is 20.3. The molecule has 0 saturated heterocycles. The van der Waals surface area contributed by atoms with Crippen LogP contribution < -0.4 is 11.1 Å². The number of pyridine rings is 1. The maximum Gasteiger partial charge on any atom is 0.255 e. The van der Waals surface area contributed by atoms with Gasteiger partial charge < -0.3 is 11.1 Å². The van der Waals surface area contributed by atoms with Crippen LogP contribution >= 0.6 is 11.8 Å². The summed E-state index contributed by atoms with van der Waals surface area (Å²) in [7, 11) is 0. The molecule has 1 amide bonds. The highest BCUT2D eigenvalue weighted by atomic mass is 32.2. The molecule has 1 aromatic heterocycles. The van der Waals surface area contributed by atoms with Crippen LogP contribution in [0.5, 0.6) is 0 Å². The van der Waals surface area contributed by atoms with E-state index in [4.69, 9.17) is 5.73 Å². The molecular formula is C23H22N4OS. The van der Waals surface area contributed by atoms with E-state index in [1.807, 2.05) is 60.7 Å². The number of anilines is 1. The largest absolute Gasteiger partial charge is 0.379 e. The van der Waals surface area contributed by atoms with E-state index in [9.17, 15) is 4.79 Å². The van der Waals surface area contributed by atoms with Crippen molar-refractivity contribution >= 4 is 28.5 Å². The molecule has 5 nitrogen and oxygen atoms in total. The van der Waals surface area contributed by atoms with Crippen molar-refractivity contribution in [3.05, 3.63) is 84.2 Å². The minimum Gasteiger partial charge on any atom is -0.379 e. The maximum absolute atomic E-state index is 12.8. The molecule has 0 radical (unpaired) electrons. The van der Waals surface area contributed by atoms with Crippen molar-refractivity contribution in [1.29, 1.82) is 0 Å². The predicted octanol–water partition coefficient (Wildman–Crippen LogP) is 4.67. The number of thioether (sulfide) groups is 1. The van der Waals surface area contributed by atoms with Crippen molar-refractivity contribution in [2.75, 3.05) is 11.1 Å². The first-order valence-corrected chi connectivity index (χ1v) is 10.4. The number of aliphatic imine (C=N–C) groups is 1. The zero-order valence-electron chi connectivity index (χ0n) is 16.1. The monoisotopic (exact) mass is 402 g/mol. The Morgan fingerprint density at radius 1 is 1.10 bits per heavy atom. The molecule has 0 aliphatic carbocycles. The van der Waals surface area contributed by atoms with Crippen molar-refractivity contribution in [3.63, 3.8) is 0 Å². The fourth-order valence-corrected chi connectivity index (χ4v) is 4.38. The van der Waals surface area contributed by atoms with E-state index in [-0.39, 0.29) is 11.4 Å². The minimum atomic E-state index is -0.365. The second-order valence-electron chi connectivity index (χ2n) is 7.18. The van der Waals surface area contributed by atoms with Gasteiger partial charge in [-0.1, -0.05) is 42.1 Å². The van der Waals surface area contributed by atoms with Gasteiger partial charge in [-0.2, -0.15) is 0 Å². The molecule has 1 atom stereocenters. The molecule has 0 bridgehead atoms. The fourth-order valence-electron chi connectivity index (χ4n) is 3.40. The minimum absolute atomic E-state index is 0.153. The molecule has 1 aliphatic rings. The summed E-state index contributed by atoms with van der Waals surface area (Å²) in [5, 5.41) is 3.62. The van der Waals surface area contributed by atoms with E-state index in [0.29, 0.717) is 10.7 Å². The van der Waals surface area contributed by atoms with Crippen LogP contribution in [0.3, 0.4) is 0 Å². The van der Waals surface area contributed by atoms with Crippen molar-refractivity contribution in [3.8, 4) is 11.1 Å². The van der Waals surface area contributed by atoms with Crippen LogP contribution in [0.4, 0.5) is 5.69 Å². The third-order valence-corrected chi connectivity index (χ3v) is 5.85. The van der Waals surface area contributed by atoms with Gasteiger partial charge in [0.05, 0.1) is 5.54 Å². The van der Waals surface area contributed by atoms with E-state index < -0.39 is 0 Å². The average Bonchev–Trinajstić information content (AvgIpc) is 2.74. The van der Waals surface area contributed by atoms with Gasteiger partial charge in [0.1, 0.15) is 0 Å². The summed E-state index contributed by atoms with van der Waals surface area (Å²) in [6.45, 7) is 2.08. The lowest BCUT2D eigenvalue weighted by Gasteiger charge is -2.30. The lowest BCUT2D eigenvalue weighted by molar-refractivity contribution is 0.102. The number of hydrogen-bond acceptors (Lipinski definition) is 5. The molecule has 1 aliphatic heterocycles. The highest BCUT2D eigenvalue weighted by Gasteiger charge is 2.29. The summed E-state index contributed by atoms with van der Waals surface area (Å²) in [5.41, 5.74) is 9.89. The summed E-state index contributed by atoms with van der Waals surface area (Å²) < 4.78 is 0. The Hall–Kier alpha value is -3.12. The number of aromatic nitrogens is 1. The zero-order valence-corrected chi connectivity index (χ0v) is 16.9. The van der Waals surface area contributed by atoms with Gasteiger partial charge in [0.2, 0.25) is 0 Å². The molecule has 146 valence electrons. The molecule has 2 aromatic carbocycles. The molecule has 3 aromatic rings. The second-order valence-corrected chi connectivity index (χ2v) is 8.29. The van der Waals surface area contributed by atoms with Crippen LogP contribution in [0, 0.1) is 0 Å². The van der Waals surface area contributed by atoms with Crippen molar-refractivity contribution in [1.82, 2.24) is 4.98 Å². The lowest BCUT2D eigenvalue weighted by Crippen LogP contribution is -2.28. The highest BCUT2D eigenvalue weighted by molar-refractivity contribution is 8.13. The molecule has 4 rings (SSSR count). The first kappa shape index (κ1) is 19.2. The number of nitrogens with two attached hydrogens (primary N) is 1. The van der Waals surface area contributed by atoms with E-state index in [2.05, 4.69) is 22.2 Å². The first-order valence-electron chi connectivity index (χ1n) is 9.44. The Morgan fingerprint density at radius 2 is 1.93 bits per heavy atom. The quantitative estimate of drug-likeness (QED) is 0.665. The average molecular weight is 403 g/mol. The number of nitrogens with one attached hydrogen (secondary N) is 1. The Balaban J connectivity index is 1.56. The Morgan fingerprint density at radius 3 is 2.72 bits per heavy atom. The topological polar surface area (TPSA) is 80.4 Å². The molecule has 0 fully saturated rings. The van der Waals surface area contributed by atoms with E-state index >= 15 is 0 Å². The summed E-state index contributed by atoms with van der Waals surface area (Å²) in [6, 6.07) is 19.2. The maximum atomic E-state index is 12.8. The Labute approximate surface area is 174 Å². The molecule has 29 heavy (non-hydrogen) atoms. The van der Waals surface area contributed by atoms with Gasteiger partial charge >= 0.3 is 0 Å². The molecular weight excluding hydrogens is 380 g/mol. The fraction of sp³-hybridized carbons (Fsp3) is 0.174. The van der Waals surface area contributed by atoms with E-state index in [1.165, 1.54) is 0 Å². The Bertz CT molecular complexity index is 1070. The SMILES string of the molecule is CC1(c2cccc(NC(=O)c3cccc(-c4cccnc4)c3)c2)CCSC(N)=N1. The second kappa shape index (κ2) is 8.09. The van der Waals surface area contributed by atoms with Gasteiger partial charge in [-0.15, -0.1) is 0 Å². The number of amidine groups is 1. The first-order chi connectivity index (χ1) is 14.0. The van der Waals surface area contributed by atoms with Gasteiger partial charge in [-0.25, -0.2) is 0 Å². The number of amides is 1. The van der Waals surface area contributed by atoms with Crippen LogP contribution in [-0.2, 0) is 5.54 Å². The van der Waals surface area contributed by atoms with Crippen molar-refractivity contribution in [2.24, 2.45) is 10.7 Å². The molecule has 3 N–H and O–H groups in total. The summed E-state index contributed by atoms with van der Waals surface area (Å²) in [4.78, 5) is 21.6. The molecule has 0 spiro atoms. The molecule has 2 heterocycles. The number of carbonyl (C=O) groups excluding carboxylic acids is 1. The van der Waals surface area contributed by atoms with Gasteiger partial charge in [-0.3, -0.25) is 14.8 Å². The standard InChI is InChI=1S/C23H22N4OS/c1-23(10-12-29-22(24)27-23)19-8-3-9-20(14-19)26-21(28)17-6-2-5-16(13-17)18-7-4-11-25-15-18/h2-9,11,13-15H,10,12H2,1H3,(H2,24,27)(H,26,28). The van der Waals surface area contributed by atoms with Crippen LogP contribution in [0.1, 0.15) is 29.3 Å². The third kappa shape index (κ3) is 4.32. The molecule has 0 saturated carbocycles. The van der Waals surface area contributed by atoms with Crippen LogP contribution in [-0.4, -0.2) is 21.8 Å².